The predicted octanol–water partition coefficient (Wildman–Crippen LogP) is -0.846. The molecular weight excluding hydrogens is 226 g/mol. The SMILES string of the molecule is CNC(=O)C(C)(C)CNC(=O)c1nonc1N. The molecule has 2 amide bonds. The summed E-state index contributed by atoms with van der Waals surface area (Å²) in [5.41, 5.74) is 4.55. The standard InChI is InChI=1S/C9H15N5O3/c1-9(2,8(16)11-3)4-12-7(15)5-6(10)14-17-13-5/h4H2,1-3H3,(H2,10,14)(H,11,16)(H,12,15). The summed E-state index contributed by atoms with van der Waals surface area (Å²) in [6.45, 7) is 3.56. The Morgan fingerprint density at radius 3 is 2.53 bits per heavy atom. The molecule has 0 spiro atoms. The van der Waals surface area contributed by atoms with E-state index < -0.39 is 11.3 Å². The van der Waals surface area contributed by atoms with Gasteiger partial charge in [-0.05, 0) is 24.2 Å². The summed E-state index contributed by atoms with van der Waals surface area (Å²) >= 11 is 0. The van der Waals surface area contributed by atoms with Gasteiger partial charge in [0.05, 0.1) is 5.41 Å². The van der Waals surface area contributed by atoms with Crippen LogP contribution in [-0.2, 0) is 4.79 Å². The molecule has 0 aliphatic rings. The minimum atomic E-state index is -0.726. The number of nitrogen functional groups attached to an aromatic ring is 1. The lowest BCUT2D eigenvalue weighted by molar-refractivity contribution is -0.128. The van der Waals surface area contributed by atoms with Crippen molar-refractivity contribution in [2.45, 2.75) is 13.8 Å². The molecule has 8 heteroatoms. The zero-order valence-electron chi connectivity index (χ0n) is 9.90. The van der Waals surface area contributed by atoms with Crippen LogP contribution in [0.2, 0.25) is 0 Å². The highest BCUT2D eigenvalue weighted by Crippen LogP contribution is 2.13. The molecule has 0 aliphatic heterocycles. The molecule has 0 saturated heterocycles. The Hall–Kier alpha value is -2.12. The maximum Gasteiger partial charge on any atom is 0.277 e. The number of carbonyl (C=O) groups excluding carboxylic acids is 2. The average molecular weight is 241 g/mol. The number of anilines is 1. The largest absolute Gasteiger partial charge is 0.379 e. The summed E-state index contributed by atoms with van der Waals surface area (Å²) in [6, 6.07) is 0. The lowest BCUT2D eigenvalue weighted by atomic mass is 9.92. The maximum atomic E-state index is 11.6. The van der Waals surface area contributed by atoms with Crippen molar-refractivity contribution in [3.05, 3.63) is 5.69 Å². The van der Waals surface area contributed by atoms with E-state index in [9.17, 15) is 9.59 Å². The van der Waals surface area contributed by atoms with Gasteiger partial charge in [0, 0.05) is 13.6 Å². The average Bonchev–Trinajstić information content (AvgIpc) is 2.71. The lowest BCUT2D eigenvalue weighted by Crippen LogP contribution is -2.43. The van der Waals surface area contributed by atoms with E-state index >= 15 is 0 Å². The number of carbonyl (C=O) groups is 2. The second-order valence-corrected chi connectivity index (χ2v) is 4.14. The number of nitrogens with zero attached hydrogens (tertiary/aromatic N) is 2. The van der Waals surface area contributed by atoms with Crippen molar-refractivity contribution in [2.24, 2.45) is 5.41 Å². The highest BCUT2D eigenvalue weighted by atomic mass is 16.6. The number of hydrogen-bond acceptors (Lipinski definition) is 6. The number of nitrogens with one attached hydrogen (secondary N) is 2. The van der Waals surface area contributed by atoms with Gasteiger partial charge in [-0.15, -0.1) is 0 Å². The zero-order chi connectivity index (χ0) is 13.1. The van der Waals surface area contributed by atoms with Crippen LogP contribution in [-0.4, -0.2) is 35.7 Å². The Bertz CT molecular complexity index is 426. The Kier molecular flexibility index (Phi) is 3.66. The van der Waals surface area contributed by atoms with Gasteiger partial charge in [-0.25, -0.2) is 4.63 Å². The van der Waals surface area contributed by atoms with E-state index in [4.69, 9.17) is 5.73 Å². The number of hydrogen-bond donors (Lipinski definition) is 3. The van der Waals surface area contributed by atoms with Crippen molar-refractivity contribution < 1.29 is 14.2 Å². The van der Waals surface area contributed by atoms with Crippen LogP contribution in [0.15, 0.2) is 4.63 Å². The minimum Gasteiger partial charge on any atom is -0.379 e. The van der Waals surface area contributed by atoms with Crippen LogP contribution in [0.5, 0.6) is 0 Å². The van der Waals surface area contributed by atoms with Crippen molar-refractivity contribution in [1.82, 2.24) is 20.9 Å². The Morgan fingerprint density at radius 1 is 1.41 bits per heavy atom. The van der Waals surface area contributed by atoms with Crippen LogP contribution in [0.25, 0.3) is 0 Å². The first-order chi connectivity index (χ1) is 7.88. The molecule has 4 N–H and O–H groups in total. The maximum absolute atomic E-state index is 11.6. The van der Waals surface area contributed by atoms with Gasteiger partial charge >= 0.3 is 0 Å². The van der Waals surface area contributed by atoms with E-state index in [0.717, 1.165) is 0 Å². The van der Waals surface area contributed by atoms with Crippen molar-refractivity contribution in [3.8, 4) is 0 Å². The van der Waals surface area contributed by atoms with Crippen LogP contribution in [0.3, 0.4) is 0 Å². The fraction of sp³-hybridized carbons (Fsp3) is 0.556. The van der Waals surface area contributed by atoms with E-state index in [0.29, 0.717) is 0 Å². The van der Waals surface area contributed by atoms with Crippen LogP contribution >= 0.6 is 0 Å². The molecule has 17 heavy (non-hydrogen) atoms. The monoisotopic (exact) mass is 241 g/mol. The van der Waals surface area contributed by atoms with Crippen LogP contribution < -0.4 is 16.4 Å². The van der Waals surface area contributed by atoms with E-state index in [1.165, 1.54) is 7.05 Å². The summed E-state index contributed by atoms with van der Waals surface area (Å²) in [5.74, 6) is -0.787. The molecule has 94 valence electrons. The van der Waals surface area contributed by atoms with Gasteiger partial charge in [0.25, 0.3) is 5.91 Å². The normalized spacial score (nSPS) is 11.0. The molecule has 1 rings (SSSR count). The fourth-order valence-electron chi connectivity index (χ4n) is 1.16. The first kappa shape index (κ1) is 12.9. The highest BCUT2D eigenvalue weighted by molar-refractivity contribution is 5.96. The third-order valence-electron chi connectivity index (χ3n) is 2.26. The number of amides is 2. The molecule has 0 atom stereocenters. The zero-order valence-corrected chi connectivity index (χ0v) is 9.90. The second-order valence-electron chi connectivity index (χ2n) is 4.14. The Labute approximate surface area is 97.9 Å². The molecule has 0 aromatic carbocycles. The first-order valence-corrected chi connectivity index (χ1v) is 4.97. The van der Waals surface area contributed by atoms with Crippen molar-refractivity contribution in [3.63, 3.8) is 0 Å². The van der Waals surface area contributed by atoms with E-state index in [1.54, 1.807) is 13.8 Å². The second kappa shape index (κ2) is 4.81. The van der Waals surface area contributed by atoms with Gasteiger partial charge in [-0.3, -0.25) is 9.59 Å². The van der Waals surface area contributed by atoms with Crippen LogP contribution in [0, 0.1) is 5.41 Å². The number of rotatable bonds is 4. The van der Waals surface area contributed by atoms with Crippen LogP contribution in [0.1, 0.15) is 24.3 Å². The lowest BCUT2D eigenvalue weighted by Gasteiger charge is -2.22. The molecule has 1 aromatic rings. The Morgan fingerprint density at radius 2 is 2.06 bits per heavy atom. The first-order valence-electron chi connectivity index (χ1n) is 4.97. The van der Waals surface area contributed by atoms with Gasteiger partial charge < -0.3 is 16.4 Å². The topological polar surface area (TPSA) is 123 Å². The number of aromatic nitrogens is 2. The van der Waals surface area contributed by atoms with Crippen molar-refractivity contribution in [2.75, 3.05) is 19.3 Å². The predicted molar refractivity (Wildman–Crippen MR) is 58.9 cm³/mol. The Balaban J connectivity index is 2.60. The molecule has 0 aliphatic carbocycles. The molecular formula is C9H15N5O3. The molecule has 0 radical (unpaired) electrons. The van der Waals surface area contributed by atoms with E-state index in [1.807, 2.05) is 0 Å². The molecule has 0 bridgehead atoms. The third-order valence-corrected chi connectivity index (χ3v) is 2.26. The van der Waals surface area contributed by atoms with Gasteiger partial charge in [-0.1, -0.05) is 0 Å². The summed E-state index contributed by atoms with van der Waals surface area (Å²) in [4.78, 5) is 23.1. The van der Waals surface area contributed by atoms with Gasteiger partial charge in [-0.2, -0.15) is 0 Å². The molecule has 0 unspecified atom stereocenters. The molecule has 0 saturated carbocycles. The van der Waals surface area contributed by atoms with E-state index in [2.05, 4.69) is 25.6 Å². The van der Waals surface area contributed by atoms with Gasteiger partial charge in [0.2, 0.25) is 17.4 Å². The molecule has 1 heterocycles. The molecule has 0 fully saturated rings. The van der Waals surface area contributed by atoms with Crippen LogP contribution in [0.4, 0.5) is 5.82 Å². The minimum absolute atomic E-state index is 0.0831. The summed E-state index contributed by atoms with van der Waals surface area (Å²) in [5, 5.41) is 11.7. The third kappa shape index (κ3) is 2.92. The quantitative estimate of drug-likeness (QED) is 0.631. The summed E-state index contributed by atoms with van der Waals surface area (Å²) < 4.78 is 4.30. The number of nitrogens with two attached hydrogens (primary N) is 1. The van der Waals surface area contributed by atoms with Gasteiger partial charge in [0.15, 0.2) is 0 Å². The van der Waals surface area contributed by atoms with Gasteiger partial charge in [0.1, 0.15) is 0 Å². The van der Waals surface area contributed by atoms with E-state index in [-0.39, 0.29) is 24.0 Å². The summed E-state index contributed by atoms with van der Waals surface area (Å²) in [6.07, 6.45) is 0. The fourth-order valence-corrected chi connectivity index (χ4v) is 1.16. The summed E-state index contributed by atoms with van der Waals surface area (Å²) in [7, 11) is 1.53. The smallest absolute Gasteiger partial charge is 0.277 e. The highest BCUT2D eigenvalue weighted by Gasteiger charge is 2.28. The molecule has 1 aromatic heterocycles. The molecule has 8 nitrogen and oxygen atoms in total. The van der Waals surface area contributed by atoms with Crippen molar-refractivity contribution in [1.29, 1.82) is 0 Å². The van der Waals surface area contributed by atoms with Crippen molar-refractivity contribution >= 4 is 17.6 Å².